The highest BCUT2D eigenvalue weighted by atomic mass is 32.1. The predicted octanol–water partition coefficient (Wildman–Crippen LogP) is 2.74. The highest BCUT2D eigenvalue weighted by Gasteiger charge is 2.22. The Hall–Kier alpha value is -1.03. The zero-order valence-electron chi connectivity index (χ0n) is 9.64. The summed E-state index contributed by atoms with van der Waals surface area (Å²) in [5.41, 5.74) is 0.672. The van der Waals surface area contributed by atoms with Gasteiger partial charge < -0.3 is 4.90 Å². The minimum absolute atomic E-state index is 0.0788. The highest BCUT2D eigenvalue weighted by Crippen LogP contribution is 2.18. The average molecular weight is 241 g/mol. The Bertz CT molecular complexity index is 364. The van der Waals surface area contributed by atoms with Gasteiger partial charge in [-0.25, -0.2) is 4.39 Å². The third-order valence-corrected chi connectivity index (χ3v) is 3.25. The molecule has 1 rings (SSSR count). The molecule has 0 aliphatic heterocycles. The molecule has 1 atom stereocenters. The fourth-order valence-electron chi connectivity index (χ4n) is 1.28. The summed E-state index contributed by atoms with van der Waals surface area (Å²) in [6, 6.07) is 5.83. The number of nitrogens with zero attached hydrogens (tertiary/aromatic N) is 1. The SMILES string of the molecule is CC(C)C(S)C(=O)N(C)c1ccc(F)cc1. The van der Waals surface area contributed by atoms with Crippen molar-refractivity contribution in [3.63, 3.8) is 0 Å². The summed E-state index contributed by atoms with van der Waals surface area (Å²) in [7, 11) is 1.67. The van der Waals surface area contributed by atoms with Gasteiger partial charge in [-0.3, -0.25) is 4.79 Å². The number of hydrogen-bond donors (Lipinski definition) is 1. The summed E-state index contributed by atoms with van der Waals surface area (Å²) in [6.07, 6.45) is 0. The quantitative estimate of drug-likeness (QED) is 0.807. The van der Waals surface area contributed by atoms with E-state index in [1.165, 1.54) is 17.0 Å². The van der Waals surface area contributed by atoms with Gasteiger partial charge in [-0.1, -0.05) is 13.8 Å². The highest BCUT2D eigenvalue weighted by molar-refractivity contribution is 7.81. The van der Waals surface area contributed by atoms with E-state index in [1.54, 1.807) is 19.2 Å². The number of anilines is 1. The fourth-order valence-corrected chi connectivity index (χ4v) is 1.45. The molecule has 1 aromatic carbocycles. The Labute approximate surface area is 101 Å². The Morgan fingerprint density at radius 1 is 1.31 bits per heavy atom. The first-order valence-corrected chi connectivity index (χ1v) is 5.66. The summed E-state index contributed by atoms with van der Waals surface area (Å²) < 4.78 is 12.7. The molecule has 0 fully saturated rings. The standard InChI is InChI=1S/C12H16FNOS/c1-8(2)11(16)12(15)14(3)10-6-4-9(13)5-7-10/h4-8,11,16H,1-3H3. The lowest BCUT2D eigenvalue weighted by Gasteiger charge is -2.23. The van der Waals surface area contributed by atoms with Crippen LogP contribution in [0.4, 0.5) is 10.1 Å². The van der Waals surface area contributed by atoms with Crippen LogP contribution in [-0.4, -0.2) is 18.2 Å². The average Bonchev–Trinajstić information content (AvgIpc) is 2.27. The molecule has 0 saturated carbocycles. The molecule has 1 amide bonds. The normalized spacial score (nSPS) is 12.6. The monoisotopic (exact) mass is 241 g/mol. The molecule has 0 N–H and O–H groups in total. The summed E-state index contributed by atoms with van der Waals surface area (Å²) in [5, 5.41) is -0.338. The number of halogens is 1. The van der Waals surface area contributed by atoms with Gasteiger partial charge in [-0.15, -0.1) is 0 Å². The summed E-state index contributed by atoms with van der Waals surface area (Å²) >= 11 is 4.26. The molecule has 0 aliphatic carbocycles. The van der Waals surface area contributed by atoms with E-state index in [9.17, 15) is 9.18 Å². The smallest absolute Gasteiger partial charge is 0.239 e. The van der Waals surface area contributed by atoms with E-state index < -0.39 is 0 Å². The maximum absolute atomic E-state index is 12.7. The van der Waals surface area contributed by atoms with Crippen molar-refractivity contribution in [2.75, 3.05) is 11.9 Å². The maximum atomic E-state index is 12.7. The summed E-state index contributed by atoms with van der Waals surface area (Å²) in [4.78, 5) is 13.4. The van der Waals surface area contributed by atoms with Crippen molar-refractivity contribution in [1.82, 2.24) is 0 Å². The van der Waals surface area contributed by atoms with Crippen LogP contribution in [0.1, 0.15) is 13.8 Å². The molecular weight excluding hydrogens is 225 g/mol. The number of rotatable bonds is 3. The second-order valence-electron chi connectivity index (χ2n) is 4.06. The van der Waals surface area contributed by atoms with Crippen LogP contribution in [0.5, 0.6) is 0 Å². The molecule has 1 aromatic rings. The molecule has 0 bridgehead atoms. The van der Waals surface area contributed by atoms with Crippen molar-refractivity contribution in [1.29, 1.82) is 0 Å². The second-order valence-corrected chi connectivity index (χ2v) is 4.62. The Morgan fingerprint density at radius 2 is 1.81 bits per heavy atom. The van der Waals surface area contributed by atoms with Crippen LogP contribution in [-0.2, 0) is 4.79 Å². The van der Waals surface area contributed by atoms with Crippen LogP contribution < -0.4 is 4.90 Å². The summed E-state index contributed by atoms with van der Waals surface area (Å²) in [5.74, 6) is -0.223. The molecule has 88 valence electrons. The third-order valence-electron chi connectivity index (χ3n) is 2.43. The van der Waals surface area contributed by atoms with Crippen LogP contribution in [0, 0.1) is 11.7 Å². The number of amides is 1. The van der Waals surface area contributed by atoms with E-state index in [0.29, 0.717) is 5.69 Å². The molecule has 0 aliphatic rings. The van der Waals surface area contributed by atoms with E-state index in [0.717, 1.165) is 0 Å². The molecule has 16 heavy (non-hydrogen) atoms. The van der Waals surface area contributed by atoms with Crippen molar-refractivity contribution < 1.29 is 9.18 Å². The van der Waals surface area contributed by atoms with Gasteiger partial charge in [-0.05, 0) is 30.2 Å². The van der Waals surface area contributed by atoms with E-state index >= 15 is 0 Å². The van der Waals surface area contributed by atoms with E-state index in [4.69, 9.17) is 0 Å². The lowest BCUT2D eigenvalue weighted by molar-refractivity contribution is -0.118. The first-order chi connectivity index (χ1) is 7.43. The zero-order valence-corrected chi connectivity index (χ0v) is 10.5. The molecule has 0 saturated heterocycles. The molecule has 0 aromatic heterocycles. The minimum Gasteiger partial charge on any atom is -0.315 e. The fraction of sp³-hybridized carbons (Fsp3) is 0.417. The molecule has 1 unspecified atom stereocenters. The van der Waals surface area contributed by atoms with Crippen LogP contribution in [0.2, 0.25) is 0 Å². The molecule has 0 heterocycles. The van der Waals surface area contributed by atoms with E-state index in [2.05, 4.69) is 12.6 Å². The topological polar surface area (TPSA) is 20.3 Å². The lowest BCUT2D eigenvalue weighted by atomic mass is 10.1. The molecule has 0 radical (unpaired) electrons. The number of thiol groups is 1. The minimum atomic E-state index is -0.338. The van der Waals surface area contributed by atoms with Crippen molar-refractivity contribution in [2.24, 2.45) is 5.92 Å². The van der Waals surface area contributed by atoms with Crippen LogP contribution in [0.15, 0.2) is 24.3 Å². The first kappa shape index (κ1) is 13.0. The van der Waals surface area contributed by atoms with Gasteiger partial charge in [0.2, 0.25) is 5.91 Å². The maximum Gasteiger partial charge on any atom is 0.239 e. The van der Waals surface area contributed by atoms with Gasteiger partial charge in [0.1, 0.15) is 5.82 Å². The van der Waals surface area contributed by atoms with Gasteiger partial charge in [0.05, 0.1) is 5.25 Å². The second kappa shape index (κ2) is 5.34. The van der Waals surface area contributed by atoms with E-state index in [-0.39, 0.29) is 22.9 Å². The van der Waals surface area contributed by atoms with Crippen molar-refractivity contribution in [2.45, 2.75) is 19.1 Å². The van der Waals surface area contributed by atoms with E-state index in [1.807, 2.05) is 13.8 Å². The Kier molecular flexibility index (Phi) is 4.35. The van der Waals surface area contributed by atoms with Crippen molar-refractivity contribution in [3.8, 4) is 0 Å². The molecular formula is C12H16FNOS. The van der Waals surface area contributed by atoms with Crippen molar-refractivity contribution in [3.05, 3.63) is 30.1 Å². The zero-order chi connectivity index (χ0) is 12.3. The molecule has 0 spiro atoms. The Morgan fingerprint density at radius 3 is 2.25 bits per heavy atom. The van der Waals surface area contributed by atoms with Crippen LogP contribution in [0.3, 0.4) is 0 Å². The van der Waals surface area contributed by atoms with Crippen LogP contribution in [0.25, 0.3) is 0 Å². The number of carbonyl (C=O) groups is 1. The first-order valence-electron chi connectivity index (χ1n) is 5.14. The molecule has 2 nitrogen and oxygen atoms in total. The van der Waals surface area contributed by atoms with Gasteiger partial charge >= 0.3 is 0 Å². The summed E-state index contributed by atoms with van der Waals surface area (Å²) in [6.45, 7) is 3.88. The number of benzene rings is 1. The predicted molar refractivity (Wildman–Crippen MR) is 67.4 cm³/mol. The van der Waals surface area contributed by atoms with Gasteiger partial charge in [0, 0.05) is 12.7 Å². The van der Waals surface area contributed by atoms with Gasteiger partial charge in [-0.2, -0.15) is 12.6 Å². The lowest BCUT2D eigenvalue weighted by Crippen LogP contribution is -2.36. The van der Waals surface area contributed by atoms with Crippen LogP contribution >= 0.6 is 12.6 Å². The molecule has 4 heteroatoms. The van der Waals surface area contributed by atoms with Crippen molar-refractivity contribution >= 4 is 24.2 Å². The van der Waals surface area contributed by atoms with Gasteiger partial charge in [0.25, 0.3) is 0 Å². The largest absolute Gasteiger partial charge is 0.315 e. The Balaban J connectivity index is 2.82. The number of carbonyl (C=O) groups excluding carboxylic acids is 1. The number of hydrogen-bond acceptors (Lipinski definition) is 2. The third kappa shape index (κ3) is 2.98. The van der Waals surface area contributed by atoms with Gasteiger partial charge in [0.15, 0.2) is 0 Å².